The molecule has 1 aliphatic rings. The molecule has 1 aromatic carbocycles. The quantitative estimate of drug-likeness (QED) is 0.812. The Morgan fingerprint density at radius 1 is 1.25 bits per heavy atom. The number of aryl methyl sites for hydroxylation is 1. The predicted molar refractivity (Wildman–Crippen MR) is 92.1 cm³/mol. The van der Waals surface area contributed by atoms with Crippen LogP contribution in [-0.4, -0.2) is 46.5 Å². The minimum absolute atomic E-state index is 0.0312. The van der Waals surface area contributed by atoms with Crippen LogP contribution in [0.5, 0.6) is 0 Å². The summed E-state index contributed by atoms with van der Waals surface area (Å²) >= 11 is 0. The molecule has 126 valence electrons. The van der Waals surface area contributed by atoms with Gasteiger partial charge in [0.05, 0.1) is 0 Å². The summed E-state index contributed by atoms with van der Waals surface area (Å²) in [5.41, 5.74) is 1.50. The molecule has 0 aliphatic carbocycles. The van der Waals surface area contributed by atoms with Gasteiger partial charge in [-0.2, -0.15) is 0 Å². The number of anilines is 1. The summed E-state index contributed by atoms with van der Waals surface area (Å²) < 4.78 is 15.3. The van der Waals surface area contributed by atoms with Crippen molar-refractivity contribution in [1.82, 2.24) is 14.5 Å². The molecule has 0 unspecified atom stereocenters. The van der Waals surface area contributed by atoms with Gasteiger partial charge in [-0.3, -0.25) is 4.79 Å². The van der Waals surface area contributed by atoms with Crippen LogP contribution >= 0.6 is 0 Å². The van der Waals surface area contributed by atoms with E-state index in [-0.39, 0.29) is 11.7 Å². The van der Waals surface area contributed by atoms with Gasteiger partial charge in [0.25, 0.3) is 0 Å². The summed E-state index contributed by atoms with van der Waals surface area (Å²) in [5.74, 6) is 0.598. The van der Waals surface area contributed by atoms with Gasteiger partial charge in [0.1, 0.15) is 5.82 Å². The van der Waals surface area contributed by atoms with E-state index in [9.17, 15) is 9.18 Å². The SMILES string of the molecule is CC(=CC(=O)N1CCN(c2nccn2C)CC1)c1cccc(F)c1. The molecule has 6 heteroatoms. The van der Waals surface area contributed by atoms with Gasteiger partial charge in [-0.1, -0.05) is 12.1 Å². The molecule has 2 aromatic rings. The number of hydrogen-bond acceptors (Lipinski definition) is 3. The standard InChI is InChI=1S/C18H21FN4O/c1-14(15-4-3-5-16(19)13-15)12-17(24)22-8-10-23(11-9-22)18-20-6-7-21(18)2/h3-7,12-13H,8-11H2,1-2H3. The van der Waals surface area contributed by atoms with Crippen LogP contribution in [0.3, 0.4) is 0 Å². The van der Waals surface area contributed by atoms with Gasteiger partial charge in [0, 0.05) is 51.7 Å². The molecule has 0 N–H and O–H groups in total. The maximum atomic E-state index is 13.3. The molecule has 0 atom stereocenters. The fourth-order valence-corrected chi connectivity index (χ4v) is 2.88. The smallest absolute Gasteiger partial charge is 0.246 e. The van der Waals surface area contributed by atoms with E-state index in [1.54, 1.807) is 24.4 Å². The summed E-state index contributed by atoms with van der Waals surface area (Å²) in [5, 5.41) is 0. The number of allylic oxidation sites excluding steroid dienone is 1. The summed E-state index contributed by atoms with van der Waals surface area (Å²) in [6.45, 7) is 4.64. The lowest BCUT2D eigenvalue weighted by Gasteiger charge is -2.34. The minimum Gasteiger partial charge on any atom is -0.339 e. The third kappa shape index (κ3) is 3.48. The summed E-state index contributed by atoms with van der Waals surface area (Å²) in [7, 11) is 1.96. The van der Waals surface area contributed by atoms with Crippen LogP contribution in [0.25, 0.3) is 5.57 Å². The Balaban J connectivity index is 1.63. The highest BCUT2D eigenvalue weighted by molar-refractivity contribution is 5.95. The number of nitrogens with zero attached hydrogens (tertiary/aromatic N) is 4. The number of benzene rings is 1. The van der Waals surface area contributed by atoms with Crippen LogP contribution in [0.2, 0.25) is 0 Å². The van der Waals surface area contributed by atoms with Crippen molar-refractivity contribution < 1.29 is 9.18 Å². The molecule has 0 saturated carbocycles. The molecule has 1 saturated heterocycles. The number of imidazole rings is 1. The van der Waals surface area contributed by atoms with Crippen LogP contribution < -0.4 is 4.90 Å². The highest BCUT2D eigenvalue weighted by Crippen LogP contribution is 2.17. The molecule has 1 aliphatic heterocycles. The molecule has 0 spiro atoms. The van der Waals surface area contributed by atoms with Crippen LogP contribution in [0.4, 0.5) is 10.3 Å². The van der Waals surface area contributed by atoms with E-state index in [1.807, 2.05) is 29.6 Å². The highest BCUT2D eigenvalue weighted by Gasteiger charge is 2.22. The molecule has 5 nitrogen and oxygen atoms in total. The maximum Gasteiger partial charge on any atom is 0.246 e. The van der Waals surface area contributed by atoms with Gasteiger partial charge in [-0.15, -0.1) is 0 Å². The molecular formula is C18H21FN4O. The lowest BCUT2D eigenvalue weighted by molar-refractivity contribution is -0.126. The number of hydrogen-bond donors (Lipinski definition) is 0. The van der Waals surface area contributed by atoms with Crippen molar-refractivity contribution in [1.29, 1.82) is 0 Å². The minimum atomic E-state index is -0.295. The van der Waals surface area contributed by atoms with Crippen molar-refractivity contribution in [2.75, 3.05) is 31.1 Å². The van der Waals surface area contributed by atoms with Crippen LogP contribution in [0, 0.1) is 5.82 Å². The van der Waals surface area contributed by atoms with Crippen LogP contribution in [0.15, 0.2) is 42.7 Å². The number of amides is 1. The van der Waals surface area contributed by atoms with E-state index in [0.29, 0.717) is 13.1 Å². The van der Waals surface area contributed by atoms with E-state index >= 15 is 0 Å². The van der Waals surface area contributed by atoms with Crippen molar-refractivity contribution >= 4 is 17.4 Å². The average Bonchev–Trinajstić information content (AvgIpc) is 3.01. The van der Waals surface area contributed by atoms with Gasteiger partial charge >= 0.3 is 0 Å². The third-order valence-electron chi connectivity index (χ3n) is 4.29. The molecule has 3 rings (SSSR count). The van der Waals surface area contributed by atoms with Gasteiger partial charge in [-0.25, -0.2) is 9.37 Å². The first kappa shape index (κ1) is 16.2. The average molecular weight is 328 g/mol. The molecule has 0 bridgehead atoms. The maximum absolute atomic E-state index is 13.3. The third-order valence-corrected chi connectivity index (χ3v) is 4.29. The van der Waals surface area contributed by atoms with Gasteiger partial charge in [0.15, 0.2) is 0 Å². The Kier molecular flexibility index (Phi) is 4.64. The Morgan fingerprint density at radius 3 is 2.62 bits per heavy atom. The van der Waals surface area contributed by atoms with Crippen molar-refractivity contribution in [2.45, 2.75) is 6.92 Å². The largest absolute Gasteiger partial charge is 0.339 e. The normalized spacial score (nSPS) is 15.7. The first-order valence-corrected chi connectivity index (χ1v) is 8.00. The van der Waals surface area contributed by atoms with Crippen molar-refractivity contribution in [3.05, 3.63) is 54.1 Å². The monoisotopic (exact) mass is 328 g/mol. The second-order valence-corrected chi connectivity index (χ2v) is 5.99. The Labute approximate surface area is 141 Å². The fourth-order valence-electron chi connectivity index (χ4n) is 2.88. The van der Waals surface area contributed by atoms with Crippen molar-refractivity contribution in [2.24, 2.45) is 7.05 Å². The highest BCUT2D eigenvalue weighted by atomic mass is 19.1. The molecule has 0 radical (unpaired) electrons. The molecule has 24 heavy (non-hydrogen) atoms. The van der Waals surface area contributed by atoms with E-state index < -0.39 is 0 Å². The Hall–Kier alpha value is -2.63. The van der Waals surface area contributed by atoms with Crippen molar-refractivity contribution in [3.63, 3.8) is 0 Å². The number of carbonyl (C=O) groups excluding carboxylic acids is 1. The first-order valence-electron chi connectivity index (χ1n) is 8.00. The lowest BCUT2D eigenvalue weighted by atomic mass is 10.1. The zero-order valence-electron chi connectivity index (χ0n) is 13.9. The second-order valence-electron chi connectivity index (χ2n) is 5.99. The summed E-state index contributed by atoms with van der Waals surface area (Å²) in [4.78, 5) is 20.8. The number of carbonyl (C=O) groups is 1. The summed E-state index contributed by atoms with van der Waals surface area (Å²) in [6, 6.07) is 6.30. The van der Waals surface area contributed by atoms with Gasteiger partial charge < -0.3 is 14.4 Å². The predicted octanol–water partition coefficient (Wildman–Crippen LogP) is 2.31. The molecular weight excluding hydrogens is 307 g/mol. The topological polar surface area (TPSA) is 41.4 Å². The van der Waals surface area contributed by atoms with E-state index in [4.69, 9.17) is 0 Å². The zero-order valence-corrected chi connectivity index (χ0v) is 13.9. The number of aromatic nitrogens is 2. The zero-order chi connectivity index (χ0) is 17.1. The van der Waals surface area contributed by atoms with E-state index in [1.165, 1.54) is 12.1 Å². The van der Waals surface area contributed by atoms with Gasteiger partial charge in [-0.05, 0) is 30.2 Å². The van der Waals surface area contributed by atoms with Crippen molar-refractivity contribution in [3.8, 4) is 0 Å². The fraction of sp³-hybridized carbons (Fsp3) is 0.333. The lowest BCUT2D eigenvalue weighted by Crippen LogP contribution is -2.49. The number of rotatable bonds is 3. The number of halogens is 1. The Bertz CT molecular complexity index is 760. The van der Waals surface area contributed by atoms with E-state index in [2.05, 4.69) is 9.88 Å². The van der Waals surface area contributed by atoms with Gasteiger partial charge in [0.2, 0.25) is 11.9 Å². The number of piperazine rings is 1. The van der Waals surface area contributed by atoms with Crippen LogP contribution in [0.1, 0.15) is 12.5 Å². The Morgan fingerprint density at radius 2 is 2.00 bits per heavy atom. The summed E-state index contributed by atoms with van der Waals surface area (Å²) in [6.07, 6.45) is 5.28. The first-order chi connectivity index (χ1) is 11.5. The molecule has 1 amide bonds. The molecule has 2 heterocycles. The second kappa shape index (κ2) is 6.86. The van der Waals surface area contributed by atoms with Crippen LogP contribution in [-0.2, 0) is 11.8 Å². The van der Waals surface area contributed by atoms with E-state index in [0.717, 1.165) is 30.2 Å². The molecule has 1 fully saturated rings. The molecule has 1 aromatic heterocycles.